The van der Waals surface area contributed by atoms with Gasteiger partial charge in [0.15, 0.2) is 0 Å². The fraction of sp³-hybridized carbons (Fsp3) is 0.200. The molecule has 1 aromatic carbocycles. The van der Waals surface area contributed by atoms with E-state index >= 15 is 0 Å². The second-order valence-corrected chi connectivity index (χ2v) is 5.56. The average molecular weight is 269 g/mol. The number of aryl methyl sites for hydroxylation is 1. The van der Waals surface area contributed by atoms with Crippen molar-refractivity contribution in [1.29, 1.82) is 0 Å². The first-order valence-corrected chi connectivity index (χ1v) is 7.10. The smallest absolute Gasteiger partial charge is 0.108 e. The summed E-state index contributed by atoms with van der Waals surface area (Å²) in [6, 6.07) is 14.3. The van der Waals surface area contributed by atoms with Crippen molar-refractivity contribution in [2.45, 2.75) is 20.0 Å². The molecule has 1 N–H and O–H groups in total. The summed E-state index contributed by atoms with van der Waals surface area (Å²) in [5.74, 6) is 0. The Bertz CT molecular complexity index is 657. The number of hydrogen-bond acceptors (Lipinski definition) is 4. The molecule has 3 nitrogen and oxygen atoms in total. The first kappa shape index (κ1) is 12.3. The van der Waals surface area contributed by atoms with Gasteiger partial charge >= 0.3 is 0 Å². The molecule has 0 aliphatic heterocycles. The monoisotopic (exact) mass is 269 g/mol. The quantitative estimate of drug-likeness (QED) is 0.789. The highest BCUT2D eigenvalue weighted by Gasteiger charge is 2.02. The Morgan fingerprint density at radius 2 is 1.89 bits per heavy atom. The van der Waals surface area contributed by atoms with E-state index in [1.54, 1.807) is 11.3 Å². The lowest BCUT2D eigenvalue weighted by Crippen LogP contribution is -2.13. The van der Waals surface area contributed by atoms with Gasteiger partial charge < -0.3 is 5.32 Å². The average Bonchev–Trinajstić information content (AvgIpc) is 2.81. The van der Waals surface area contributed by atoms with Crippen LogP contribution in [0.15, 0.2) is 42.5 Å². The second kappa shape index (κ2) is 5.47. The predicted octanol–water partition coefficient (Wildman–Crippen LogP) is 3.29. The van der Waals surface area contributed by atoms with Gasteiger partial charge in [-0.25, -0.2) is 4.98 Å². The van der Waals surface area contributed by atoms with Crippen LogP contribution in [-0.2, 0) is 13.1 Å². The van der Waals surface area contributed by atoms with Gasteiger partial charge in [-0.05, 0) is 31.2 Å². The molecule has 3 rings (SSSR count). The zero-order valence-corrected chi connectivity index (χ0v) is 11.6. The highest BCUT2D eigenvalue weighted by Crippen LogP contribution is 2.21. The van der Waals surface area contributed by atoms with Crippen molar-refractivity contribution in [3.63, 3.8) is 0 Å². The van der Waals surface area contributed by atoms with Gasteiger partial charge in [0, 0.05) is 18.8 Å². The highest BCUT2D eigenvalue weighted by atomic mass is 32.1. The molecular formula is C15H15N3S. The molecule has 0 atom stereocenters. The Hall–Kier alpha value is -1.78. The topological polar surface area (TPSA) is 37.8 Å². The van der Waals surface area contributed by atoms with E-state index in [4.69, 9.17) is 0 Å². The van der Waals surface area contributed by atoms with Gasteiger partial charge in [-0.15, -0.1) is 11.3 Å². The summed E-state index contributed by atoms with van der Waals surface area (Å²) >= 11 is 1.74. The number of rotatable bonds is 4. The first-order valence-electron chi connectivity index (χ1n) is 6.29. The molecule has 0 amide bonds. The lowest BCUT2D eigenvalue weighted by molar-refractivity contribution is 0.676. The summed E-state index contributed by atoms with van der Waals surface area (Å²) in [4.78, 5) is 9.06. The number of fused-ring (bicyclic) bond motifs is 1. The maximum atomic E-state index is 4.60. The summed E-state index contributed by atoms with van der Waals surface area (Å²) in [6.07, 6.45) is 0. The number of para-hydroxylation sites is 1. The van der Waals surface area contributed by atoms with E-state index in [2.05, 4.69) is 27.4 Å². The van der Waals surface area contributed by atoms with Crippen LogP contribution >= 0.6 is 11.3 Å². The summed E-state index contributed by atoms with van der Waals surface area (Å²) in [5.41, 5.74) is 3.21. The van der Waals surface area contributed by atoms with Gasteiger partial charge in [-0.2, -0.15) is 0 Å². The maximum Gasteiger partial charge on any atom is 0.108 e. The molecular weight excluding hydrogens is 254 g/mol. The van der Waals surface area contributed by atoms with Gasteiger partial charge in [-0.1, -0.05) is 18.2 Å². The summed E-state index contributed by atoms with van der Waals surface area (Å²) in [7, 11) is 0. The number of pyridine rings is 1. The van der Waals surface area contributed by atoms with Crippen molar-refractivity contribution < 1.29 is 0 Å². The molecule has 0 saturated carbocycles. The molecule has 0 fully saturated rings. The minimum atomic E-state index is 0.775. The largest absolute Gasteiger partial charge is 0.305 e. The SMILES string of the molecule is Cc1cccc(CNCc2nc3ccccc3s2)n1. The maximum absolute atomic E-state index is 4.60. The van der Waals surface area contributed by atoms with Crippen LogP contribution in [0.5, 0.6) is 0 Å². The van der Waals surface area contributed by atoms with Crippen LogP contribution in [0, 0.1) is 6.92 Å². The Morgan fingerprint density at radius 1 is 1.00 bits per heavy atom. The molecule has 0 saturated heterocycles. The van der Waals surface area contributed by atoms with Crippen molar-refractivity contribution >= 4 is 21.6 Å². The number of hydrogen-bond donors (Lipinski definition) is 1. The summed E-state index contributed by atoms with van der Waals surface area (Å²) < 4.78 is 1.24. The van der Waals surface area contributed by atoms with E-state index in [0.717, 1.165) is 35.0 Å². The fourth-order valence-electron chi connectivity index (χ4n) is 1.99. The van der Waals surface area contributed by atoms with Crippen LogP contribution in [-0.4, -0.2) is 9.97 Å². The molecule has 2 aromatic heterocycles. The third kappa shape index (κ3) is 2.97. The molecule has 4 heteroatoms. The number of benzene rings is 1. The Morgan fingerprint density at radius 3 is 2.74 bits per heavy atom. The molecule has 2 heterocycles. The predicted molar refractivity (Wildman–Crippen MR) is 79.1 cm³/mol. The minimum absolute atomic E-state index is 0.775. The number of aromatic nitrogens is 2. The van der Waals surface area contributed by atoms with E-state index in [1.807, 2.05) is 37.3 Å². The van der Waals surface area contributed by atoms with E-state index in [1.165, 1.54) is 4.70 Å². The third-order valence-corrected chi connectivity index (χ3v) is 3.90. The van der Waals surface area contributed by atoms with Crippen LogP contribution in [0.25, 0.3) is 10.2 Å². The Kier molecular flexibility index (Phi) is 3.53. The molecule has 3 aromatic rings. The molecule has 0 radical (unpaired) electrons. The van der Waals surface area contributed by atoms with E-state index in [9.17, 15) is 0 Å². The van der Waals surface area contributed by atoms with Crippen molar-refractivity contribution in [2.75, 3.05) is 0 Å². The molecule has 0 aliphatic carbocycles. The van der Waals surface area contributed by atoms with Crippen molar-refractivity contribution in [1.82, 2.24) is 15.3 Å². The van der Waals surface area contributed by atoms with E-state index in [0.29, 0.717) is 0 Å². The molecule has 0 unspecified atom stereocenters. The van der Waals surface area contributed by atoms with Gasteiger partial charge in [0.1, 0.15) is 5.01 Å². The van der Waals surface area contributed by atoms with E-state index in [-0.39, 0.29) is 0 Å². The van der Waals surface area contributed by atoms with Crippen LogP contribution < -0.4 is 5.32 Å². The van der Waals surface area contributed by atoms with Gasteiger partial charge in [0.25, 0.3) is 0 Å². The molecule has 96 valence electrons. The molecule has 0 spiro atoms. The molecule has 19 heavy (non-hydrogen) atoms. The molecule has 0 bridgehead atoms. The van der Waals surface area contributed by atoms with Crippen molar-refractivity contribution in [3.05, 3.63) is 58.9 Å². The van der Waals surface area contributed by atoms with Gasteiger partial charge in [0.2, 0.25) is 0 Å². The van der Waals surface area contributed by atoms with Crippen molar-refractivity contribution in [2.24, 2.45) is 0 Å². The molecule has 0 aliphatic rings. The normalized spacial score (nSPS) is 11.0. The van der Waals surface area contributed by atoms with Crippen LogP contribution in [0.3, 0.4) is 0 Å². The lowest BCUT2D eigenvalue weighted by Gasteiger charge is -2.02. The van der Waals surface area contributed by atoms with Crippen LogP contribution in [0.2, 0.25) is 0 Å². The van der Waals surface area contributed by atoms with Crippen molar-refractivity contribution in [3.8, 4) is 0 Å². The van der Waals surface area contributed by atoms with Gasteiger partial charge in [-0.3, -0.25) is 4.98 Å². The summed E-state index contributed by atoms with van der Waals surface area (Å²) in [6.45, 7) is 3.57. The standard InChI is InChI=1S/C15H15N3S/c1-11-5-4-6-12(17-11)9-16-10-15-18-13-7-2-3-8-14(13)19-15/h2-8,16H,9-10H2,1H3. The fourth-order valence-corrected chi connectivity index (χ4v) is 2.93. The van der Waals surface area contributed by atoms with E-state index < -0.39 is 0 Å². The second-order valence-electron chi connectivity index (χ2n) is 4.45. The van der Waals surface area contributed by atoms with Crippen LogP contribution in [0.1, 0.15) is 16.4 Å². The Balaban J connectivity index is 1.63. The zero-order valence-electron chi connectivity index (χ0n) is 10.8. The van der Waals surface area contributed by atoms with Gasteiger partial charge in [0.05, 0.1) is 15.9 Å². The number of thiazole rings is 1. The summed E-state index contributed by atoms with van der Waals surface area (Å²) in [5, 5.41) is 4.51. The van der Waals surface area contributed by atoms with Crippen LogP contribution in [0.4, 0.5) is 0 Å². The Labute approximate surface area is 116 Å². The number of nitrogens with zero attached hydrogens (tertiary/aromatic N) is 2. The first-order chi connectivity index (χ1) is 9.31. The zero-order chi connectivity index (χ0) is 13.1. The lowest BCUT2D eigenvalue weighted by atomic mass is 10.3. The highest BCUT2D eigenvalue weighted by molar-refractivity contribution is 7.18. The minimum Gasteiger partial charge on any atom is -0.305 e. The third-order valence-electron chi connectivity index (χ3n) is 2.87. The number of nitrogens with one attached hydrogen (secondary N) is 1.